The molecule has 0 unspecified atom stereocenters. The zero-order valence-corrected chi connectivity index (χ0v) is 12.8. The molecule has 1 aliphatic rings. The molecule has 1 aromatic heterocycles. The highest BCUT2D eigenvalue weighted by atomic mass is 32.2. The molecule has 2 amide bonds. The Hall–Kier alpha value is -1.93. The Bertz CT molecular complexity index is 716. The number of nitrogens with zero attached hydrogens (tertiary/aromatic N) is 3. The van der Waals surface area contributed by atoms with Gasteiger partial charge in [0.25, 0.3) is 0 Å². The minimum atomic E-state index is -0.467. The van der Waals surface area contributed by atoms with E-state index in [1.54, 1.807) is 6.07 Å². The van der Waals surface area contributed by atoms with Gasteiger partial charge in [0.15, 0.2) is 4.34 Å². The van der Waals surface area contributed by atoms with Gasteiger partial charge in [-0.1, -0.05) is 35.2 Å². The summed E-state index contributed by atoms with van der Waals surface area (Å²) < 4.78 is 0.602. The molecular weight excluding hydrogens is 308 g/mol. The number of aryl methyl sites for hydroxylation is 1. The molecule has 0 radical (unpaired) electrons. The molecule has 6 nitrogen and oxygen atoms in total. The van der Waals surface area contributed by atoms with Gasteiger partial charge in [-0.25, -0.2) is 4.90 Å². The third kappa shape index (κ3) is 2.77. The first kappa shape index (κ1) is 14.0. The molecule has 2 heterocycles. The van der Waals surface area contributed by atoms with Gasteiger partial charge < -0.3 is 5.73 Å². The lowest BCUT2D eigenvalue weighted by molar-refractivity contribution is -0.121. The molecule has 0 spiro atoms. The van der Waals surface area contributed by atoms with Crippen LogP contribution in [0.25, 0.3) is 0 Å². The van der Waals surface area contributed by atoms with Crippen molar-refractivity contribution < 1.29 is 9.59 Å². The maximum Gasteiger partial charge on any atom is 0.247 e. The average Bonchev–Trinajstić information content (AvgIpc) is 2.94. The molecule has 0 bridgehead atoms. The van der Waals surface area contributed by atoms with Gasteiger partial charge in [0, 0.05) is 6.42 Å². The number of carbonyl (C=O) groups excluding carboxylic acids is 2. The Kier molecular flexibility index (Phi) is 3.64. The predicted octanol–water partition coefficient (Wildman–Crippen LogP) is 1.85. The summed E-state index contributed by atoms with van der Waals surface area (Å²) in [7, 11) is 0. The minimum Gasteiger partial charge on any atom is -0.374 e. The number of amides is 2. The smallest absolute Gasteiger partial charge is 0.247 e. The number of thioether (sulfide) groups is 1. The van der Waals surface area contributed by atoms with Crippen LogP contribution < -0.4 is 10.6 Å². The highest BCUT2D eigenvalue weighted by Crippen LogP contribution is 2.35. The fourth-order valence-corrected chi connectivity index (χ4v) is 4.03. The van der Waals surface area contributed by atoms with Crippen LogP contribution in [0.2, 0.25) is 0 Å². The van der Waals surface area contributed by atoms with Crippen molar-refractivity contribution in [2.24, 2.45) is 0 Å². The zero-order valence-electron chi connectivity index (χ0n) is 11.1. The second kappa shape index (κ2) is 5.45. The average molecular weight is 320 g/mol. The van der Waals surface area contributed by atoms with E-state index in [4.69, 9.17) is 5.73 Å². The van der Waals surface area contributed by atoms with Crippen LogP contribution in [0, 0.1) is 6.92 Å². The van der Waals surface area contributed by atoms with Crippen molar-refractivity contribution in [3.05, 3.63) is 29.8 Å². The summed E-state index contributed by atoms with van der Waals surface area (Å²) in [5, 5.41) is 7.47. The number of carbonyl (C=O) groups is 2. The molecule has 2 aromatic rings. The van der Waals surface area contributed by atoms with Gasteiger partial charge in [0.1, 0.15) is 5.25 Å². The lowest BCUT2D eigenvalue weighted by Crippen LogP contribution is -2.31. The van der Waals surface area contributed by atoms with Crippen molar-refractivity contribution in [2.75, 3.05) is 10.6 Å². The first-order chi connectivity index (χ1) is 10.0. The highest BCUT2D eigenvalue weighted by molar-refractivity contribution is 8.02. The van der Waals surface area contributed by atoms with Crippen LogP contribution in [0.15, 0.2) is 28.6 Å². The Balaban J connectivity index is 1.82. The van der Waals surface area contributed by atoms with Crippen LogP contribution in [0.4, 0.5) is 10.8 Å². The maximum atomic E-state index is 12.4. The summed E-state index contributed by atoms with van der Waals surface area (Å²) in [5.41, 5.74) is 7.14. The largest absolute Gasteiger partial charge is 0.374 e. The molecule has 2 N–H and O–H groups in total. The van der Waals surface area contributed by atoms with Crippen molar-refractivity contribution in [3.63, 3.8) is 0 Å². The van der Waals surface area contributed by atoms with Crippen LogP contribution >= 0.6 is 23.1 Å². The maximum absolute atomic E-state index is 12.4. The highest BCUT2D eigenvalue weighted by Gasteiger charge is 2.40. The van der Waals surface area contributed by atoms with E-state index in [1.807, 2.05) is 25.1 Å². The van der Waals surface area contributed by atoms with Crippen LogP contribution in [0.1, 0.15) is 12.0 Å². The van der Waals surface area contributed by atoms with Crippen molar-refractivity contribution in [1.29, 1.82) is 0 Å². The van der Waals surface area contributed by atoms with E-state index in [0.29, 0.717) is 15.2 Å². The molecule has 1 fully saturated rings. The number of nitrogen functional groups attached to an aromatic ring is 1. The zero-order chi connectivity index (χ0) is 15.0. The topological polar surface area (TPSA) is 89.2 Å². The van der Waals surface area contributed by atoms with Gasteiger partial charge in [0.2, 0.25) is 16.9 Å². The Labute approximate surface area is 129 Å². The van der Waals surface area contributed by atoms with E-state index < -0.39 is 5.25 Å². The van der Waals surface area contributed by atoms with Gasteiger partial charge in [-0.15, -0.1) is 10.2 Å². The van der Waals surface area contributed by atoms with Gasteiger partial charge in [-0.2, -0.15) is 0 Å². The van der Waals surface area contributed by atoms with Gasteiger partial charge >= 0.3 is 0 Å². The molecular formula is C13H12N4O2S2. The molecule has 1 aromatic carbocycles. The Morgan fingerprint density at radius 3 is 2.86 bits per heavy atom. The molecule has 8 heteroatoms. The molecule has 108 valence electrons. The molecule has 0 saturated carbocycles. The lowest BCUT2D eigenvalue weighted by Gasteiger charge is -2.15. The first-order valence-corrected chi connectivity index (χ1v) is 7.93. The summed E-state index contributed by atoms with van der Waals surface area (Å²) >= 11 is 2.45. The fourth-order valence-electron chi connectivity index (χ4n) is 2.12. The van der Waals surface area contributed by atoms with Crippen LogP contribution in [0.3, 0.4) is 0 Å². The number of benzene rings is 1. The second-order valence-corrected chi connectivity index (χ2v) is 7.08. The van der Waals surface area contributed by atoms with Crippen molar-refractivity contribution in [2.45, 2.75) is 22.9 Å². The Morgan fingerprint density at radius 1 is 1.38 bits per heavy atom. The van der Waals surface area contributed by atoms with Crippen molar-refractivity contribution in [3.8, 4) is 0 Å². The number of hydrogen-bond donors (Lipinski definition) is 1. The predicted molar refractivity (Wildman–Crippen MR) is 82.3 cm³/mol. The SMILES string of the molecule is Cc1cccc(N2C(=O)C[C@H](Sc3nnc(N)s3)C2=O)c1. The third-order valence-electron chi connectivity index (χ3n) is 3.03. The van der Waals surface area contributed by atoms with Gasteiger partial charge in [-0.3, -0.25) is 9.59 Å². The number of hydrogen-bond acceptors (Lipinski definition) is 7. The van der Waals surface area contributed by atoms with Crippen molar-refractivity contribution in [1.82, 2.24) is 10.2 Å². The fraction of sp³-hybridized carbons (Fsp3) is 0.231. The molecule has 1 atom stereocenters. The molecule has 0 aliphatic carbocycles. The van der Waals surface area contributed by atoms with E-state index in [0.717, 1.165) is 5.56 Å². The van der Waals surface area contributed by atoms with E-state index >= 15 is 0 Å². The molecule has 21 heavy (non-hydrogen) atoms. The monoisotopic (exact) mass is 320 g/mol. The second-order valence-electron chi connectivity index (χ2n) is 4.62. The van der Waals surface area contributed by atoms with Crippen LogP contribution in [0.5, 0.6) is 0 Å². The molecule has 1 saturated heterocycles. The Morgan fingerprint density at radius 2 is 2.19 bits per heavy atom. The van der Waals surface area contributed by atoms with Gasteiger partial charge in [-0.05, 0) is 24.6 Å². The summed E-state index contributed by atoms with van der Waals surface area (Å²) in [6.45, 7) is 1.92. The van der Waals surface area contributed by atoms with E-state index in [9.17, 15) is 9.59 Å². The summed E-state index contributed by atoms with van der Waals surface area (Å²) in [6.07, 6.45) is 0.164. The van der Waals surface area contributed by atoms with Gasteiger partial charge in [0.05, 0.1) is 5.69 Å². The quantitative estimate of drug-likeness (QED) is 0.868. The van der Waals surface area contributed by atoms with Crippen molar-refractivity contribution >= 4 is 45.7 Å². The number of nitrogens with two attached hydrogens (primary N) is 1. The van der Waals surface area contributed by atoms with Crippen LogP contribution in [-0.2, 0) is 9.59 Å². The summed E-state index contributed by atoms with van der Waals surface area (Å²) in [6, 6.07) is 7.34. The summed E-state index contributed by atoms with van der Waals surface area (Å²) in [4.78, 5) is 25.8. The lowest BCUT2D eigenvalue weighted by atomic mass is 10.2. The number of anilines is 2. The van der Waals surface area contributed by atoms with E-state index in [1.165, 1.54) is 28.0 Å². The minimum absolute atomic E-state index is 0.164. The molecule has 3 rings (SSSR count). The summed E-state index contributed by atoms with van der Waals surface area (Å²) in [5.74, 6) is -0.412. The third-order valence-corrected chi connectivity index (χ3v) is 5.05. The van der Waals surface area contributed by atoms with Crippen LogP contribution in [-0.4, -0.2) is 27.3 Å². The standard InChI is InChI=1S/C13H12N4O2S2/c1-7-3-2-4-8(5-7)17-10(18)6-9(11(17)19)20-13-16-15-12(14)21-13/h2-5,9H,6H2,1H3,(H2,14,15)/t9-/m0/s1. The number of imide groups is 1. The number of aromatic nitrogens is 2. The molecule has 1 aliphatic heterocycles. The normalized spacial score (nSPS) is 18.5. The number of rotatable bonds is 3. The van der Waals surface area contributed by atoms with E-state index in [-0.39, 0.29) is 18.2 Å². The van der Waals surface area contributed by atoms with E-state index in [2.05, 4.69) is 10.2 Å². The first-order valence-electron chi connectivity index (χ1n) is 6.23.